The maximum absolute atomic E-state index is 11.8. The SMILES string of the molecule is COC(=O)c1ccccc1-c1ccc(Cl)cc1OC. The van der Waals surface area contributed by atoms with E-state index in [-0.39, 0.29) is 5.97 Å². The standard InChI is InChI=1S/C15H13ClO3/c1-18-14-9-10(16)7-8-12(14)11-5-3-4-6-13(11)15(17)19-2/h3-9H,1-2H3. The minimum absolute atomic E-state index is 0.382. The zero-order chi connectivity index (χ0) is 13.8. The molecule has 0 bridgehead atoms. The van der Waals surface area contributed by atoms with Crippen LogP contribution in [0.4, 0.5) is 0 Å². The maximum Gasteiger partial charge on any atom is 0.338 e. The summed E-state index contributed by atoms with van der Waals surface area (Å²) in [6, 6.07) is 12.5. The zero-order valence-corrected chi connectivity index (χ0v) is 11.4. The lowest BCUT2D eigenvalue weighted by Crippen LogP contribution is -2.03. The Hall–Kier alpha value is -2.00. The van der Waals surface area contributed by atoms with Gasteiger partial charge in [-0.15, -0.1) is 0 Å². The highest BCUT2D eigenvalue weighted by Crippen LogP contribution is 2.34. The predicted octanol–water partition coefficient (Wildman–Crippen LogP) is 3.80. The normalized spacial score (nSPS) is 10.1. The summed E-state index contributed by atoms with van der Waals surface area (Å²) in [4.78, 5) is 11.8. The number of benzene rings is 2. The fraction of sp³-hybridized carbons (Fsp3) is 0.133. The molecule has 0 N–H and O–H groups in total. The predicted molar refractivity (Wildman–Crippen MR) is 74.8 cm³/mol. The van der Waals surface area contributed by atoms with E-state index in [9.17, 15) is 4.79 Å². The fourth-order valence-electron chi connectivity index (χ4n) is 1.89. The van der Waals surface area contributed by atoms with Crippen LogP contribution >= 0.6 is 11.6 Å². The van der Waals surface area contributed by atoms with E-state index < -0.39 is 0 Å². The number of ether oxygens (including phenoxy) is 2. The molecule has 0 amide bonds. The molecule has 0 aliphatic carbocycles. The van der Waals surface area contributed by atoms with Crippen LogP contribution in [0, 0.1) is 0 Å². The molecular weight excluding hydrogens is 264 g/mol. The van der Waals surface area contributed by atoms with Gasteiger partial charge in [0, 0.05) is 10.6 Å². The van der Waals surface area contributed by atoms with Crippen molar-refractivity contribution in [1.29, 1.82) is 0 Å². The number of carbonyl (C=O) groups excluding carboxylic acids is 1. The summed E-state index contributed by atoms with van der Waals surface area (Å²) < 4.78 is 10.1. The van der Waals surface area contributed by atoms with E-state index in [1.807, 2.05) is 18.2 Å². The smallest absolute Gasteiger partial charge is 0.338 e. The molecule has 2 rings (SSSR count). The van der Waals surface area contributed by atoms with Crippen molar-refractivity contribution in [1.82, 2.24) is 0 Å². The van der Waals surface area contributed by atoms with Crippen LogP contribution < -0.4 is 4.74 Å². The average molecular weight is 277 g/mol. The van der Waals surface area contributed by atoms with Crippen LogP contribution in [0.1, 0.15) is 10.4 Å². The van der Waals surface area contributed by atoms with Crippen molar-refractivity contribution < 1.29 is 14.3 Å². The lowest BCUT2D eigenvalue weighted by atomic mass is 9.99. The molecule has 0 aromatic heterocycles. The molecule has 0 spiro atoms. The van der Waals surface area contributed by atoms with Crippen molar-refractivity contribution in [2.75, 3.05) is 14.2 Å². The van der Waals surface area contributed by atoms with E-state index in [4.69, 9.17) is 21.1 Å². The van der Waals surface area contributed by atoms with Crippen molar-refractivity contribution in [2.45, 2.75) is 0 Å². The minimum atomic E-state index is -0.382. The summed E-state index contributed by atoms with van der Waals surface area (Å²) in [5, 5.41) is 0.580. The molecule has 0 radical (unpaired) electrons. The van der Waals surface area contributed by atoms with E-state index >= 15 is 0 Å². The number of rotatable bonds is 3. The van der Waals surface area contributed by atoms with Crippen molar-refractivity contribution >= 4 is 17.6 Å². The Kier molecular flexibility index (Phi) is 4.07. The molecule has 0 fully saturated rings. The zero-order valence-electron chi connectivity index (χ0n) is 10.6. The van der Waals surface area contributed by atoms with Gasteiger partial charge in [0.05, 0.1) is 19.8 Å². The molecule has 2 aromatic rings. The van der Waals surface area contributed by atoms with Crippen LogP contribution in [0.2, 0.25) is 5.02 Å². The first-order valence-corrected chi connectivity index (χ1v) is 6.06. The highest BCUT2D eigenvalue weighted by Gasteiger charge is 2.15. The summed E-state index contributed by atoms with van der Waals surface area (Å²) in [5.74, 6) is 0.233. The monoisotopic (exact) mass is 276 g/mol. The average Bonchev–Trinajstić information content (AvgIpc) is 2.46. The summed E-state index contributed by atoms with van der Waals surface area (Å²) >= 11 is 5.94. The second-order valence-electron chi connectivity index (χ2n) is 3.88. The maximum atomic E-state index is 11.8. The molecule has 0 aliphatic rings. The third-order valence-electron chi connectivity index (χ3n) is 2.79. The van der Waals surface area contributed by atoms with Gasteiger partial charge in [-0.25, -0.2) is 4.79 Å². The van der Waals surface area contributed by atoms with Gasteiger partial charge in [-0.2, -0.15) is 0 Å². The summed E-state index contributed by atoms with van der Waals surface area (Å²) in [6.07, 6.45) is 0. The van der Waals surface area contributed by atoms with Crippen LogP contribution in [0.3, 0.4) is 0 Å². The van der Waals surface area contributed by atoms with Gasteiger partial charge >= 0.3 is 5.97 Å². The van der Waals surface area contributed by atoms with Gasteiger partial charge in [0.1, 0.15) is 5.75 Å². The number of hydrogen-bond acceptors (Lipinski definition) is 3. The van der Waals surface area contributed by atoms with Crippen LogP contribution in [0.25, 0.3) is 11.1 Å². The second kappa shape index (κ2) is 5.76. The van der Waals surface area contributed by atoms with Crippen molar-refractivity contribution in [2.24, 2.45) is 0 Å². The topological polar surface area (TPSA) is 35.5 Å². The molecule has 0 atom stereocenters. The van der Waals surface area contributed by atoms with Gasteiger partial charge in [0.15, 0.2) is 0 Å². The Morgan fingerprint density at radius 2 is 1.79 bits per heavy atom. The lowest BCUT2D eigenvalue weighted by Gasteiger charge is -2.12. The van der Waals surface area contributed by atoms with Crippen LogP contribution in [0.15, 0.2) is 42.5 Å². The van der Waals surface area contributed by atoms with Crippen molar-refractivity contribution in [3.8, 4) is 16.9 Å². The number of esters is 1. The molecule has 19 heavy (non-hydrogen) atoms. The Bertz CT molecular complexity index is 608. The highest BCUT2D eigenvalue weighted by molar-refractivity contribution is 6.30. The summed E-state index contributed by atoms with van der Waals surface area (Å²) in [7, 11) is 2.92. The molecule has 0 unspecified atom stereocenters. The summed E-state index contributed by atoms with van der Waals surface area (Å²) in [5.41, 5.74) is 2.04. The third-order valence-corrected chi connectivity index (χ3v) is 3.02. The highest BCUT2D eigenvalue weighted by atomic mass is 35.5. The fourth-order valence-corrected chi connectivity index (χ4v) is 2.06. The Labute approximate surface area is 116 Å². The van der Waals surface area contributed by atoms with E-state index in [1.165, 1.54) is 7.11 Å². The van der Waals surface area contributed by atoms with Crippen molar-refractivity contribution in [3.05, 3.63) is 53.1 Å². The molecule has 0 aliphatic heterocycles. The molecule has 4 heteroatoms. The van der Waals surface area contributed by atoms with Crippen LogP contribution in [-0.4, -0.2) is 20.2 Å². The Morgan fingerprint density at radius 1 is 1.05 bits per heavy atom. The first-order chi connectivity index (χ1) is 9.17. The van der Waals surface area contributed by atoms with Crippen molar-refractivity contribution in [3.63, 3.8) is 0 Å². The molecule has 0 heterocycles. The van der Waals surface area contributed by atoms with E-state index in [1.54, 1.807) is 31.4 Å². The van der Waals surface area contributed by atoms with Gasteiger partial charge in [-0.1, -0.05) is 29.8 Å². The first-order valence-electron chi connectivity index (χ1n) is 5.68. The lowest BCUT2D eigenvalue weighted by molar-refractivity contribution is 0.0601. The Balaban J connectivity index is 2.62. The van der Waals surface area contributed by atoms with E-state index in [2.05, 4.69) is 0 Å². The Morgan fingerprint density at radius 3 is 2.47 bits per heavy atom. The van der Waals surface area contributed by atoms with Crippen LogP contribution in [-0.2, 0) is 4.74 Å². The largest absolute Gasteiger partial charge is 0.496 e. The third kappa shape index (κ3) is 2.71. The van der Waals surface area contributed by atoms with E-state index in [0.717, 1.165) is 11.1 Å². The van der Waals surface area contributed by atoms with Gasteiger partial charge < -0.3 is 9.47 Å². The van der Waals surface area contributed by atoms with Gasteiger partial charge in [-0.3, -0.25) is 0 Å². The quantitative estimate of drug-likeness (QED) is 0.800. The molecule has 2 aromatic carbocycles. The van der Waals surface area contributed by atoms with Gasteiger partial charge in [-0.05, 0) is 29.8 Å². The molecular formula is C15H13ClO3. The summed E-state index contributed by atoms with van der Waals surface area (Å²) in [6.45, 7) is 0. The number of hydrogen-bond donors (Lipinski definition) is 0. The minimum Gasteiger partial charge on any atom is -0.496 e. The number of halogens is 1. The molecule has 98 valence electrons. The first kappa shape index (κ1) is 13.4. The molecule has 0 saturated carbocycles. The number of carbonyl (C=O) groups is 1. The van der Waals surface area contributed by atoms with E-state index in [0.29, 0.717) is 16.3 Å². The molecule has 0 saturated heterocycles. The second-order valence-corrected chi connectivity index (χ2v) is 4.32. The van der Waals surface area contributed by atoms with Gasteiger partial charge in [0.25, 0.3) is 0 Å². The van der Waals surface area contributed by atoms with Crippen LogP contribution in [0.5, 0.6) is 5.75 Å². The van der Waals surface area contributed by atoms with Gasteiger partial charge in [0.2, 0.25) is 0 Å². The molecule has 3 nitrogen and oxygen atoms in total. The number of methoxy groups -OCH3 is 2.